The zero-order valence-corrected chi connectivity index (χ0v) is 21.5. The number of piperidine rings is 1. The number of fused-ring (bicyclic) bond motifs is 1. The Bertz CT molecular complexity index is 1130. The number of nitrogens with zero attached hydrogens (tertiary/aromatic N) is 3. The Labute approximate surface area is 213 Å². The van der Waals surface area contributed by atoms with Crippen LogP contribution in [0.4, 0.5) is 0 Å². The van der Waals surface area contributed by atoms with Gasteiger partial charge in [0.1, 0.15) is 11.9 Å². The second-order valence-corrected chi connectivity index (χ2v) is 10.7. The summed E-state index contributed by atoms with van der Waals surface area (Å²) < 4.78 is 2.30. The van der Waals surface area contributed by atoms with Crippen molar-refractivity contribution in [1.29, 1.82) is 5.41 Å². The van der Waals surface area contributed by atoms with Crippen molar-refractivity contribution in [2.24, 2.45) is 11.7 Å². The second kappa shape index (κ2) is 10.6. The van der Waals surface area contributed by atoms with E-state index >= 15 is 0 Å². The lowest BCUT2D eigenvalue weighted by Gasteiger charge is -2.34. The summed E-state index contributed by atoms with van der Waals surface area (Å²) in [5.41, 5.74) is 8.83. The largest absolute Gasteiger partial charge is 0.384 e. The van der Waals surface area contributed by atoms with Crippen molar-refractivity contribution in [3.05, 3.63) is 35.5 Å². The summed E-state index contributed by atoms with van der Waals surface area (Å²) in [6, 6.07) is 8.13. The molecular weight excluding hydrogens is 452 g/mol. The van der Waals surface area contributed by atoms with Crippen LogP contribution in [0.2, 0.25) is 0 Å². The summed E-state index contributed by atoms with van der Waals surface area (Å²) in [5, 5.41) is 12.3. The number of nitrogens with one attached hydrogen (secondary N) is 2. The van der Waals surface area contributed by atoms with E-state index < -0.39 is 0 Å². The summed E-state index contributed by atoms with van der Waals surface area (Å²) >= 11 is 0. The molecule has 1 aromatic heterocycles. The normalized spacial score (nSPS) is 24.5. The molecule has 0 bridgehead atoms. The molecule has 5 rings (SSSR count). The van der Waals surface area contributed by atoms with Crippen LogP contribution in [0.15, 0.2) is 24.3 Å². The van der Waals surface area contributed by atoms with Crippen LogP contribution in [0.5, 0.6) is 0 Å². The molecule has 0 radical (unpaired) electrons. The van der Waals surface area contributed by atoms with Crippen LogP contribution >= 0.6 is 0 Å². The third kappa shape index (κ3) is 4.75. The van der Waals surface area contributed by atoms with Gasteiger partial charge in [-0.25, -0.2) is 0 Å². The number of nitrogens with two attached hydrogens (primary N) is 1. The smallest absolute Gasteiger partial charge is 0.245 e. The van der Waals surface area contributed by atoms with Crippen molar-refractivity contribution in [2.45, 2.75) is 76.9 Å². The van der Waals surface area contributed by atoms with Gasteiger partial charge in [0, 0.05) is 49.0 Å². The molecule has 3 fully saturated rings. The van der Waals surface area contributed by atoms with E-state index in [4.69, 9.17) is 11.1 Å². The third-order valence-corrected chi connectivity index (χ3v) is 8.48. The van der Waals surface area contributed by atoms with Crippen LogP contribution in [0, 0.1) is 11.3 Å². The monoisotopic (exact) mass is 492 g/mol. The molecule has 36 heavy (non-hydrogen) atoms. The van der Waals surface area contributed by atoms with Crippen LogP contribution in [-0.2, 0) is 22.6 Å². The number of nitrogen functional groups attached to an aromatic ring is 1. The first-order valence-electron chi connectivity index (χ1n) is 13.8. The number of carbonyl (C=O) groups excluding carboxylic acids is 2. The molecule has 0 aliphatic carbocycles. The van der Waals surface area contributed by atoms with Gasteiger partial charge in [0.2, 0.25) is 11.8 Å². The molecule has 0 saturated carbocycles. The fourth-order valence-electron chi connectivity index (χ4n) is 6.58. The van der Waals surface area contributed by atoms with Crippen LogP contribution in [-0.4, -0.2) is 70.3 Å². The molecule has 0 spiro atoms. The summed E-state index contributed by atoms with van der Waals surface area (Å²) in [6.45, 7) is 6.22. The Morgan fingerprint density at radius 2 is 1.86 bits per heavy atom. The first kappa shape index (κ1) is 24.8. The molecule has 2 amide bonds. The van der Waals surface area contributed by atoms with Crippen molar-refractivity contribution in [2.75, 3.05) is 26.2 Å². The highest BCUT2D eigenvalue weighted by molar-refractivity contribution is 5.98. The first-order chi connectivity index (χ1) is 17.5. The van der Waals surface area contributed by atoms with Gasteiger partial charge in [0.15, 0.2) is 0 Å². The van der Waals surface area contributed by atoms with E-state index in [9.17, 15) is 9.59 Å². The molecular formula is C28H40N6O2. The summed E-state index contributed by atoms with van der Waals surface area (Å²) in [7, 11) is 0. The molecule has 3 atom stereocenters. The minimum absolute atomic E-state index is 0.0148. The topological polar surface area (TPSA) is 107 Å². The minimum atomic E-state index is -0.285. The fraction of sp³-hybridized carbons (Fsp3) is 0.607. The van der Waals surface area contributed by atoms with Gasteiger partial charge in [-0.15, -0.1) is 0 Å². The van der Waals surface area contributed by atoms with Crippen molar-refractivity contribution in [3.63, 3.8) is 0 Å². The number of carbonyl (C=O) groups is 2. The van der Waals surface area contributed by atoms with Gasteiger partial charge < -0.3 is 25.4 Å². The SMILES string of the molecule is CCn1c(CCC2CCCN2C(=O)[C@@H]2CCCN2C(=O)[C@@H]2CCCNC2)cc2ccc(C(=N)N)cc21. The van der Waals surface area contributed by atoms with Crippen molar-refractivity contribution in [1.82, 2.24) is 19.7 Å². The molecule has 3 aliphatic rings. The van der Waals surface area contributed by atoms with Gasteiger partial charge in [-0.2, -0.15) is 0 Å². The molecule has 3 saturated heterocycles. The standard InChI is InChI=1S/C28H40N6O2/c1-2-32-23(16-19-9-10-20(26(29)30)17-25(19)32)12-11-22-7-4-14-33(22)28(36)24-8-5-15-34(24)27(35)21-6-3-13-31-18-21/h9-10,16-17,21-22,24,31H,2-8,11-15,18H2,1H3,(H3,29,30)/t21-,22?,24+/m1/s1. The highest BCUT2D eigenvalue weighted by Gasteiger charge is 2.41. The van der Waals surface area contributed by atoms with Gasteiger partial charge in [0.05, 0.1) is 5.92 Å². The lowest BCUT2D eigenvalue weighted by Crippen LogP contribution is -2.52. The van der Waals surface area contributed by atoms with Crippen LogP contribution < -0.4 is 11.1 Å². The van der Waals surface area contributed by atoms with E-state index in [0.29, 0.717) is 6.54 Å². The number of hydrogen-bond donors (Lipinski definition) is 3. The predicted octanol–water partition coefficient (Wildman–Crippen LogP) is 2.86. The summed E-state index contributed by atoms with van der Waals surface area (Å²) in [6.07, 6.45) is 7.54. The summed E-state index contributed by atoms with van der Waals surface area (Å²) in [4.78, 5) is 30.9. The maximum Gasteiger partial charge on any atom is 0.245 e. The lowest BCUT2D eigenvalue weighted by atomic mass is 9.97. The van der Waals surface area contributed by atoms with Crippen molar-refractivity contribution in [3.8, 4) is 0 Å². The third-order valence-electron chi connectivity index (χ3n) is 8.48. The minimum Gasteiger partial charge on any atom is -0.384 e. The zero-order chi connectivity index (χ0) is 25.2. The van der Waals surface area contributed by atoms with E-state index in [1.165, 1.54) is 5.69 Å². The number of hydrogen-bond acceptors (Lipinski definition) is 4. The summed E-state index contributed by atoms with van der Waals surface area (Å²) in [5.74, 6) is 0.433. The molecule has 8 heteroatoms. The number of benzene rings is 1. The van der Waals surface area contributed by atoms with Gasteiger partial charge in [0.25, 0.3) is 0 Å². The fourth-order valence-corrected chi connectivity index (χ4v) is 6.58. The Morgan fingerprint density at radius 3 is 2.61 bits per heavy atom. The number of aryl methyl sites for hydroxylation is 2. The molecule has 4 N–H and O–H groups in total. The Kier molecular flexibility index (Phi) is 7.32. The van der Waals surface area contributed by atoms with E-state index in [1.54, 1.807) is 0 Å². The van der Waals surface area contributed by atoms with Crippen LogP contribution in [0.3, 0.4) is 0 Å². The Balaban J connectivity index is 1.27. The van der Waals surface area contributed by atoms with Gasteiger partial charge in [-0.1, -0.05) is 12.1 Å². The predicted molar refractivity (Wildman–Crippen MR) is 142 cm³/mol. The molecule has 1 unspecified atom stereocenters. The number of amidine groups is 1. The highest BCUT2D eigenvalue weighted by Crippen LogP contribution is 2.30. The molecule has 3 aliphatic heterocycles. The maximum absolute atomic E-state index is 13.7. The highest BCUT2D eigenvalue weighted by atomic mass is 16.2. The quantitative estimate of drug-likeness (QED) is 0.408. The molecule has 4 heterocycles. The van der Waals surface area contributed by atoms with E-state index in [0.717, 1.165) is 94.0 Å². The average molecular weight is 493 g/mol. The van der Waals surface area contributed by atoms with Crippen LogP contribution in [0.1, 0.15) is 63.1 Å². The lowest BCUT2D eigenvalue weighted by molar-refractivity contribution is -0.146. The van der Waals surface area contributed by atoms with E-state index in [-0.39, 0.29) is 35.7 Å². The Morgan fingerprint density at radius 1 is 1.06 bits per heavy atom. The van der Waals surface area contributed by atoms with E-state index in [2.05, 4.69) is 27.8 Å². The zero-order valence-electron chi connectivity index (χ0n) is 21.5. The number of likely N-dealkylation sites (tertiary alicyclic amines) is 2. The molecule has 194 valence electrons. The van der Waals surface area contributed by atoms with E-state index in [1.807, 2.05) is 23.1 Å². The first-order valence-corrected chi connectivity index (χ1v) is 13.8. The van der Waals surface area contributed by atoms with Crippen molar-refractivity contribution < 1.29 is 9.59 Å². The van der Waals surface area contributed by atoms with Gasteiger partial charge >= 0.3 is 0 Å². The molecule has 1 aromatic carbocycles. The number of aromatic nitrogens is 1. The maximum atomic E-state index is 13.7. The van der Waals surface area contributed by atoms with Gasteiger partial charge in [-0.3, -0.25) is 15.0 Å². The Hall–Kier alpha value is -2.87. The number of rotatable bonds is 7. The average Bonchev–Trinajstić information content (AvgIpc) is 3.64. The molecule has 2 aromatic rings. The second-order valence-electron chi connectivity index (χ2n) is 10.7. The molecule has 8 nitrogen and oxygen atoms in total. The van der Waals surface area contributed by atoms with Gasteiger partial charge in [-0.05, 0) is 82.4 Å². The van der Waals surface area contributed by atoms with Crippen LogP contribution in [0.25, 0.3) is 10.9 Å². The van der Waals surface area contributed by atoms with Crippen molar-refractivity contribution >= 4 is 28.6 Å². The number of amides is 2.